The Kier molecular flexibility index (Phi) is 8.46. The Morgan fingerprint density at radius 2 is 1.63 bits per heavy atom. The van der Waals surface area contributed by atoms with Gasteiger partial charge in [-0.05, 0) is 68.8 Å². The molecular weight excluding hydrogens is 520 g/mol. The molecule has 0 aliphatic heterocycles. The fourth-order valence-electron chi connectivity index (χ4n) is 4.15. The summed E-state index contributed by atoms with van der Waals surface area (Å²) in [6.07, 6.45) is 1.56. The van der Waals surface area contributed by atoms with E-state index in [0.717, 1.165) is 38.1 Å². The zero-order chi connectivity index (χ0) is 27.3. The predicted molar refractivity (Wildman–Crippen MR) is 151 cm³/mol. The van der Waals surface area contributed by atoms with Crippen LogP contribution in [0.2, 0.25) is 5.02 Å². The van der Waals surface area contributed by atoms with Crippen molar-refractivity contribution in [1.29, 1.82) is 0 Å². The SMILES string of the molecule is Cc1ccc(S(=O)(=O)N(CC(=O)N/N=C/c2cc(C)n(-c3ccc(Cl)cc3)c2C)Cc2ccccc2)cc1. The van der Waals surface area contributed by atoms with E-state index in [9.17, 15) is 13.2 Å². The average molecular weight is 549 g/mol. The number of nitrogens with one attached hydrogen (secondary N) is 1. The topological polar surface area (TPSA) is 83.8 Å². The van der Waals surface area contributed by atoms with Crippen molar-refractivity contribution in [3.05, 3.63) is 118 Å². The van der Waals surface area contributed by atoms with Crippen LogP contribution in [0.1, 0.15) is 28.1 Å². The first kappa shape index (κ1) is 27.3. The molecule has 0 fully saturated rings. The Bertz CT molecular complexity index is 1550. The zero-order valence-corrected chi connectivity index (χ0v) is 23.0. The maximum atomic E-state index is 13.4. The van der Waals surface area contributed by atoms with Crippen LogP contribution in [0, 0.1) is 20.8 Å². The van der Waals surface area contributed by atoms with Crippen LogP contribution in [0.5, 0.6) is 0 Å². The first-order valence-electron chi connectivity index (χ1n) is 12.0. The second kappa shape index (κ2) is 11.8. The maximum Gasteiger partial charge on any atom is 0.255 e. The number of hydrogen-bond donors (Lipinski definition) is 1. The number of rotatable bonds is 9. The van der Waals surface area contributed by atoms with Gasteiger partial charge < -0.3 is 4.57 Å². The van der Waals surface area contributed by atoms with E-state index in [1.165, 1.54) is 0 Å². The third kappa shape index (κ3) is 6.39. The highest BCUT2D eigenvalue weighted by Gasteiger charge is 2.27. The summed E-state index contributed by atoms with van der Waals surface area (Å²) in [5.41, 5.74) is 7.92. The van der Waals surface area contributed by atoms with Crippen LogP contribution in [-0.4, -0.2) is 36.0 Å². The largest absolute Gasteiger partial charge is 0.318 e. The van der Waals surface area contributed by atoms with E-state index in [2.05, 4.69) is 15.1 Å². The Balaban J connectivity index is 1.51. The first-order chi connectivity index (χ1) is 18.1. The third-order valence-electron chi connectivity index (χ3n) is 6.13. The fourth-order valence-corrected chi connectivity index (χ4v) is 5.66. The summed E-state index contributed by atoms with van der Waals surface area (Å²) in [7, 11) is -3.92. The molecule has 1 aromatic heterocycles. The highest BCUT2D eigenvalue weighted by molar-refractivity contribution is 7.89. The number of carbonyl (C=O) groups is 1. The van der Waals surface area contributed by atoms with Crippen molar-refractivity contribution in [3.8, 4) is 5.69 Å². The molecular formula is C29H29ClN4O3S. The van der Waals surface area contributed by atoms with E-state index >= 15 is 0 Å². The molecule has 0 saturated heterocycles. The molecule has 38 heavy (non-hydrogen) atoms. The van der Waals surface area contributed by atoms with Gasteiger partial charge in [-0.3, -0.25) is 4.79 Å². The Morgan fingerprint density at radius 3 is 2.29 bits per heavy atom. The lowest BCUT2D eigenvalue weighted by molar-refractivity contribution is -0.121. The highest BCUT2D eigenvalue weighted by atomic mass is 35.5. The molecule has 9 heteroatoms. The summed E-state index contributed by atoms with van der Waals surface area (Å²) in [6.45, 7) is 5.49. The first-order valence-corrected chi connectivity index (χ1v) is 13.8. The van der Waals surface area contributed by atoms with Gasteiger partial charge in [-0.2, -0.15) is 9.41 Å². The smallest absolute Gasteiger partial charge is 0.255 e. The number of hydrogen-bond acceptors (Lipinski definition) is 4. The predicted octanol–water partition coefficient (Wildman–Crippen LogP) is 5.40. The van der Waals surface area contributed by atoms with E-state index in [4.69, 9.17) is 11.6 Å². The molecule has 7 nitrogen and oxygen atoms in total. The molecule has 1 N–H and O–H groups in total. The van der Waals surface area contributed by atoms with E-state index in [1.54, 1.807) is 30.5 Å². The van der Waals surface area contributed by atoms with E-state index < -0.39 is 15.9 Å². The third-order valence-corrected chi connectivity index (χ3v) is 8.19. The van der Waals surface area contributed by atoms with Crippen molar-refractivity contribution < 1.29 is 13.2 Å². The monoisotopic (exact) mass is 548 g/mol. The second-order valence-electron chi connectivity index (χ2n) is 9.00. The molecule has 0 aliphatic rings. The number of halogens is 1. The summed E-state index contributed by atoms with van der Waals surface area (Å²) in [6, 6.07) is 25.2. The molecule has 0 unspecified atom stereocenters. The highest BCUT2D eigenvalue weighted by Crippen LogP contribution is 2.22. The molecule has 4 aromatic rings. The van der Waals surface area contributed by atoms with Crippen LogP contribution >= 0.6 is 11.6 Å². The van der Waals surface area contributed by atoms with Gasteiger partial charge in [-0.1, -0.05) is 59.6 Å². The van der Waals surface area contributed by atoms with E-state index in [1.807, 2.05) is 81.4 Å². The van der Waals surface area contributed by atoms with Gasteiger partial charge in [0.25, 0.3) is 5.91 Å². The Morgan fingerprint density at radius 1 is 0.974 bits per heavy atom. The van der Waals surface area contributed by atoms with Gasteiger partial charge in [-0.15, -0.1) is 0 Å². The summed E-state index contributed by atoms with van der Waals surface area (Å²) in [5.74, 6) is -0.542. The van der Waals surface area contributed by atoms with Crippen molar-refractivity contribution >= 4 is 33.7 Å². The molecule has 0 radical (unpaired) electrons. The number of amides is 1. The van der Waals surface area contributed by atoms with Crippen molar-refractivity contribution in [1.82, 2.24) is 14.3 Å². The molecule has 0 atom stereocenters. The van der Waals surface area contributed by atoms with Gasteiger partial charge in [0, 0.05) is 34.2 Å². The van der Waals surface area contributed by atoms with Crippen LogP contribution in [0.15, 0.2) is 94.9 Å². The number of hydrazone groups is 1. The minimum Gasteiger partial charge on any atom is -0.318 e. The van der Waals surface area contributed by atoms with Gasteiger partial charge in [0.05, 0.1) is 17.7 Å². The number of aryl methyl sites for hydroxylation is 2. The summed E-state index contributed by atoms with van der Waals surface area (Å²) < 4.78 is 30.1. The van der Waals surface area contributed by atoms with Gasteiger partial charge in [0.1, 0.15) is 0 Å². The standard InChI is InChI=1S/C29H29ClN4O3S/c1-21-9-15-28(16-10-21)38(36,37)33(19-24-7-5-4-6-8-24)20-29(35)32-31-18-25-17-22(2)34(23(25)3)27-13-11-26(30)12-14-27/h4-18H,19-20H2,1-3H3,(H,32,35)/b31-18+. The number of nitrogens with zero attached hydrogens (tertiary/aromatic N) is 3. The second-order valence-corrected chi connectivity index (χ2v) is 11.4. The van der Waals surface area contributed by atoms with E-state index in [0.29, 0.717) is 5.02 Å². The summed E-state index contributed by atoms with van der Waals surface area (Å²) in [5, 5.41) is 4.77. The van der Waals surface area contributed by atoms with Gasteiger partial charge in [0.15, 0.2) is 0 Å². The number of sulfonamides is 1. The molecule has 0 aliphatic carbocycles. The van der Waals surface area contributed by atoms with Crippen LogP contribution in [-0.2, 0) is 21.4 Å². The van der Waals surface area contributed by atoms with Crippen molar-refractivity contribution in [2.45, 2.75) is 32.2 Å². The lowest BCUT2D eigenvalue weighted by Gasteiger charge is -2.21. The molecule has 1 heterocycles. The minimum absolute atomic E-state index is 0.0520. The summed E-state index contributed by atoms with van der Waals surface area (Å²) in [4.78, 5) is 13.0. The maximum absolute atomic E-state index is 13.4. The van der Waals surface area contributed by atoms with Crippen molar-refractivity contribution in [2.24, 2.45) is 5.10 Å². The lowest BCUT2D eigenvalue weighted by atomic mass is 10.2. The van der Waals surface area contributed by atoms with Crippen molar-refractivity contribution in [3.63, 3.8) is 0 Å². The number of benzene rings is 3. The molecule has 0 saturated carbocycles. The van der Waals surface area contributed by atoms with Gasteiger partial charge in [0.2, 0.25) is 10.0 Å². The Hall–Kier alpha value is -3.72. The molecule has 0 spiro atoms. The van der Waals surface area contributed by atoms with Crippen LogP contribution in [0.25, 0.3) is 5.69 Å². The summed E-state index contributed by atoms with van der Waals surface area (Å²) >= 11 is 6.02. The molecule has 1 amide bonds. The molecule has 4 rings (SSSR count). The zero-order valence-electron chi connectivity index (χ0n) is 21.4. The van der Waals surface area contributed by atoms with Crippen LogP contribution < -0.4 is 5.43 Å². The van der Waals surface area contributed by atoms with Crippen LogP contribution in [0.4, 0.5) is 0 Å². The molecule has 196 valence electrons. The quantitative estimate of drug-likeness (QED) is 0.225. The van der Waals surface area contributed by atoms with Crippen LogP contribution in [0.3, 0.4) is 0 Å². The van der Waals surface area contributed by atoms with Crippen molar-refractivity contribution in [2.75, 3.05) is 6.54 Å². The average Bonchev–Trinajstić information content (AvgIpc) is 3.17. The fraction of sp³-hybridized carbons (Fsp3) is 0.172. The Labute approximate surface area is 228 Å². The van der Waals surface area contributed by atoms with E-state index in [-0.39, 0.29) is 18.0 Å². The molecule has 0 bridgehead atoms. The number of carbonyl (C=O) groups excluding carboxylic acids is 1. The number of aromatic nitrogens is 1. The normalized spacial score (nSPS) is 11.8. The minimum atomic E-state index is -3.92. The van der Waals surface area contributed by atoms with Gasteiger partial charge >= 0.3 is 0 Å². The lowest BCUT2D eigenvalue weighted by Crippen LogP contribution is -2.39. The molecule has 3 aromatic carbocycles. The van der Waals surface area contributed by atoms with Gasteiger partial charge in [-0.25, -0.2) is 13.8 Å².